The summed E-state index contributed by atoms with van der Waals surface area (Å²) in [5, 5.41) is 0.326. The van der Waals surface area contributed by atoms with Crippen LogP contribution in [0, 0.1) is 12.3 Å². The Balaban J connectivity index is 1.91. The van der Waals surface area contributed by atoms with Crippen LogP contribution in [-0.4, -0.2) is 30.2 Å². The molecule has 3 rings (SSSR count). The molecule has 0 radical (unpaired) electrons. The summed E-state index contributed by atoms with van der Waals surface area (Å²) in [4.78, 5) is 51.1. The average molecular weight is 448 g/mol. The van der Waals surface area contributed by atoms with Crippen molar-refractivity contribution in [2.24, 2.45) is 5.41 Å². The zero-order chi connectivity index (χ0) is 22.4. The molecule has 0 fully saturated rings. The summed E-state index contributed by atoms with van der Waals surface area (Å²) in [5.74, 6) is -2.08. The van der Waals surface area contributed by atoms with Crippen molar-refractivity contribution >= 4 is 52.5 Å². The average Bonchev–Trinajstić information content (AvgIpc) is 2.90. The van der Waals surface area contributed by atoms with E-state index < -0.39 is 23.2 Å². The van der Waals surface area contributed by atoms with Gasteiger partial charge in [0.15, 0.2) is 12.4 Å². The van der Waals surface area contributed by atoms with Crippen LogP contribution in [0.2, 0.25) is 10.0 Å². The maximum atomic E-state index is 12.9. The topological polar surface area (TPSA) is 80.8 Å². The molecule has 2 amide bonds. The summed E-state index contributed by atoms with van der Waals surface area (Å²) in [5.41, 5.74) is 0.593. The van der Waals surface area contributed by atoms with Crippen molar-refractivity contribution < 1.29 is 23.9 Å². The van der Waals surface area contributed by atoms with E-state index in [0.717, 1.165) is 4.90 Å². The Morgan fingerprint density at radius 3 is 2.00 bits per heavy atom. The summed E-state index contributed by atoms with van der Waals surface area (Å²) in [7, 11) is 0. The molecular weight excluding hydrogens is 429 g/mol. The number of benzene rings is 2. The number of carbonyl (C=O) groups is 4. The first kappa shape index (κ1) is 22.0. The number of imide groups is 1. The Morgan fingerprint density at radius 2 is 1.50 bits per heavy atom. The van der Waals surface area contributed by atoms with Crippen LogP contribution in [0.1, 0.15) is 57.4 Å². The Morgan fingerprint density at radius 1 is 0.967 bits per heavy atom. The SMILES string of the molecule is Cc1ccc(C(=O)OCC(=O)C(C)(C)C)cc1N1C(=O)c2cc(Cl)c(Cl)cc2C1=O. The van der Waals surface area contributed by atoms with Gasteiger partial charge in [0, 0.05) is 5.41 Å². The Bertz CT molecular complexity index is 1060. The summed E-state index contributed by atoms with van der Waals surface area (Å²) >= 11 is 12.0. The minimum absolute atomic E-state index is 0.116. The lowest BCUT2D eigenvalue weighted by molar-refractivity contribution is -0.129. The van der Waals surface area contributed by atoms with E-state index in [1.54, 1.807) is 33.8 Å². The molecule has 0 saturated carbocycles. The number of hydrogen-bond donors (Lipinski definition) is 0. The first-order chi connectivity index (χ1) is 13.9. The Kier molecular flexibility index (Phi) is 5.76. The molecule has 1 aliphatic rings. The van der Waals surface area contributed by atoms with Gasteiger partial charge < -0.3 is 4.74 Å². The van der Waals surface area contributed by atoms with E-state index in [1.807, 2.05) is 0 Å². The third kappa shape index (κ3) is 3.98. The van der Waals surface area contributed by atoms with E-state index in [9.17, 15) is 19.2 Å². The first-order valence-electron chi connectivity index (χ1n) is 9.10. The van der Waals surface area contributed by atoms with Gasteiger partial charge in [0.25, 0.3) is 11.8 Å². The van der Waals surface area contributed by atoms with Crippen molar-refractivity contribution in [1.29, 1.82) is 0 Å². The van der Waals surface area contributed by atoms with Gasteiger partial charge in [-0.05, 0) is 36.8 Å². The van der Waals surface area contributed by atoms with Gasteiger partial charge in [0.2, 0.25) is 0 Å². The van der Waals surface area contributed by atoms with E-state index in [0.29, 0.717) is 5.56 Å². The van der Waals surface area contributed by atoms with Gasteiger partial charge in [-0.3, -0.25) is 14.4 Å². The number of aryl methyl sites for hydroxylation is 1. The molecule has 2 aromatic carbocycles. The fraction of sp³-hybridized carbons (Fsp3) is 0.273. The highest BCUT2D eigenvalue weighted by atomic mass is 35.5. The lowest BCUT2D eigenvalue weighted by Crippen LogP contribution is -2.30. The number of carbonyl (C=O) groups excluding carboxylic acids is 4. The maximum Gasteiger partial charge on any atom is 0.338 e. The first-order valence-corrected chi connectivity index (χ1v) is 9.86. The van der Waals surface area contributed by atoms with Gasteiger partial charge in [0.05, 0.1) is 32.4 Å². The number of anilines is 1. The van der Waals surface area contributed by atoms with Crippen molar-refractivity contribution in [1.82, 2.24) is 0 Å². The molecule has 1 aliphatic heterocycles. The van der Waals surface area contributed by atoms with Crippen molar-refractivity contribution in [3.05, 3.63) is 62.6 Å². The van der Waals surface area contributed by atoms with E-state index >= 15 is 0 Å². The summed E-state index contributed by atoms with van der Waals surface area (Å²) in [6.45, 7) is 6.53. The highest BCUT2D eigenvalue weighted by Gasteiger charge is 2.38. The second-order valence-electron chi connectivity index (χ2n) is 8.01. The molecule has 0 bridgehead atoms. The summed E-state index contributed by atoms with van der Waals surface area (Å²) in [6, 6.07) is 7.20. The number of ether oxygens (including phenoxy) is 1. The highest BCUT2D eigenvalue weighted by molar-refractivity contribution is 6.44. The fourth-order valence-corrected chi connectivity index (χ4v) is 3.19. The third-order valence-corrected chi connectivity index (χ3v) is 5.51. The molecule has 2 aromatic rings. The zero-order valence-corrected chi connectivity index (χ0v) is 18.4. The molecule has 1 heterocycles. The lowest BCUT2D eigenvalue weighted by atomic mass is 9.91. The lowest BCUT2D eigenvalue weighted by Gasteiger charge is -2.18. The fourth-order valence-electron chi connectivity index (χ4n) is 2.86. The molecule has 0 aromatic heterocycles. The minimum Gasteiger partial charge on any atom is -0.454 e. The van der Waals surface area contributed by atoms with Gasteiger partial charge >= 0.3 is 5.97 Å². The van der Waals surface area contributed by atoms with Crippen LogP contribution < -0.4 is 4.90 Å². The van der Waals surface area contributed by atoms with Gasteiger partial charge in [0.1, 0.15) is 0 Å². The van der Waals surface area contributed by atoms with E-state index in [-0.39, 0.29) is 44.8 Å². The molecule has 30 heavy (non-hydrogen) atoms. The monoisotopic (exact) mass is 447 g/mol. The Labute approximate surface area is 183 Å². The number of halogens is 2. The standard InChI is InChI=1S/C22H19Cl2NO5/c1-11-5-6-12(21(29)30-10-18(26)22(2,3)4)7-17(11)25-19(27)13-8-15(23)16(24)9-14(13)20(25)28/h5-9H,10H2,1-4H3. The second kappa shape index (κ2) is 7.85. The number of hydrogen-bond acceptors (Lipinski definition) is 5. The van der Waals surface area contributed by atoms with Crippen molar-refractivity contribution in [2.75, 3.05) is 11.5 Å². The predicted octanol–water partition coefficient (Wildman–Crippen LogP) is 4.87. The number of fused-ring (bicyclic) bond motifs is 1. The quantitative estimate of drug-likeness (QED) is 0.492. The predicted molar refractivity (Wildman–Crippen MR) is 114 cm³/mol. The van der Waals surface area contributed by atoms with E-state index in [2.05, 4.69) is 0 Å². The molecular formula is C22H19Cl2NO5. The molecule has 8 heteroatoms. The third-order valence-electron chi connectivity index (χ3n) is 4.78. The number of amides is 2. The smallest absolute Gasteiger partial charge is 0.338 e. The van der Waals surface area contributed by atoms with Crippen LogP contribution in [0.4, 0.5) is 5.69 Å². The van der Waals surface area contributed by atoms with Crippen LogP contribution in [0.15, 0.2) is 30.3 Å². The molecule has 0 N–H and O–H groups in total. The highest BCUT2D eigenvalue weighted by Crippen LogP contribution is 2.35. The van der Waals surface area contributed by atoms with Crippen LogP contribution >= 0.6 is 23.2 Å². The van der Waals surface area contributed by atoms with Crippen molar-refractivity contribution in [2.45, 2.75) is 27.7 Å². The van der Waals surface area contributed by atoms with Crippen LogP contribution in [0.3, 0.4) is 0 Å². The van der Waals surface area contributed by atoms with E-state index in [4.69, 9.17) is 27.9 Å². The summed E-state index contributed by atoms with van der Waals surface area (Å²) in [6.07, 6.45) is 0. The van der Waals surface area contributed by atoms with Gasteiger partial charge in [-0.25, -0.2) is 9.69 Å². The Hall–Kier alpha value is -2.70. The second-order valence-corrected chi connectivity index (χ2v) is 8.82. The molecule has 0 spiro atoms. The number of esters is 1. The largest absolute Gasteiger partial charge is 0.454 e. The molecule has 0 atom stereocenters. The number of ketones is 1. The molecule has 0 aliphatic carbocycles. The zero-order valence-electron chi connectivity index (χ0n) is 16.8. The molecule has 0 saturated heterocycles. The van der Waals surface area contributed by atoms with Crippen LogP contribution in [0.25, 0.3) is 0 Å². The van der Waals surface area contributed by atoms with Crippen molar-refractivity contribution in [3.63, 3.8) is 0 Å². The van der Waals surface area contributed by atoms with Gasteiger partial charge in [-0.1, -0.05) is 50.0 Å². The maximum absolute atomic E-state index is 12.9. The normalized spacial score (nSPS) is 13.5. The van der Waals surface area contributed by atoms with Gasteiger partial charge in [-0.2, -0.15) is 0 Å². The molecule has 0 unspecified atom stereocenters. The molecule has 156 valence electrons. The van der Waals surface area contributed by atoms with Crippen LogP contribution in [0.5, 0.6) is 0 Å². The van der Waals surface area contributed by atoms with Crippen molar-refractivity contribution in [3.8, 4) is 0 Å². The number of rotatable bonds is 4. The number of Topliss-reactive ketones (excluding diaryl/α,β-unsaturated/α-hetero) is 1. The van der Waals surface area contributed by atoms with E-state index in [1.165, 1.54) is 24.3 Å². The van der Waals surface area contributed by atoms with Gasteiger partial charge in [-0.15, -0.1) is 0 Å². The summed E-state index contributed by atoms with van der Waals surface area (Å²) < 4.78 is 5.11. The van der Waals surface area contributed by atoms with Crippen LogP contribution in [-0.2, 0) is 9.53 Å². The number of nitrogens with zero attached hydrogens (tertiary/aromatic N) is 1. The minimum atomic E-state index is -0.725. The molecule has 6 nitrogen and oxygen atoms in total.